The molecule has 0 saturated carbocycles. The number of nitriles is 1. The van der Waals surface area contributed by atoms with Gasteiger partial charge in [-0.3, -0.25) is 4.79 Å². The molecule has 0 N–H and O–H groups in total. The van der Waals surface area contributed by atoms with Gasteiger partial charge in [0.2, 0.25) is 0 Å². The number of halogens is 1. The third kappa shape index (κ3) is 2.57. The van der Waals surface area contributed by atoms with Gasteiger partial charge in [0.15, 0.2) is 5.78 Å². The van der Waals surface area contributed by atoms with Crippen LogP contribution in [0.1, 0.15) is 17.3 Å². The Bertz CT molecular complexity index is 369. The number of hydrogen-bond donors (Lipinski definition) is 0. The number of benzene rings is 1. The van der Waals surface area contributed by atoms with Crippen molar-refractivity contribution in [3.8, 4) is 5.40 Å². The van der Waals surface area contributed by atoms with Gasteiger partial charge in [0, 0.05) is 5.56 Å². The maximum Gasteiger partial charge on any atom is 0.176 e. The molecule has 0 spiro atoms. The Morgan fingerprint density at radius 3 is 2.57 bits per heavy atom. The summed E-state index contributed by atoms with van der Waals surface area (Å²) >= 11 is 0.901. The molecule has 0 heterocycles. The van der Waals surface area contributed by atoms with Crippen LogP contribution in [-0.4, -0.2) is 11.0 Å². The summed E-state index contributed by atoms with van der Waals surface area (Å²) in [5, 5.41) is 9.82. The average Bonchev–Trinajstić information content (AvgIpc) is 2.18. The van der Waals surface area contributed by atoms with E-state index < -0.39 is 5.25 Å². The van der Waals surface area contributed by atoms with E-state index in [0.29, 0.717) is 5.56 Å². The summed E-state index contributed by atoms with van der Waals surface area (Å²) in [4.78, 5) is 11.6. The standard InChI is InChI=1S/C10H8FNOS/c1-7(14-6-12)10(13)8-2-4-9(11)5-3-8/h2-5,7H,1H3. The highest BCUT2D eigenvalue weighted by atomic mass is 32.2. The van der Waals surface area contributed by atoms with Gasteiger partial charge in [0.1, 0.15) is 11.2 Å². The van der Waals surface area contributed by atoms with Gasteiger partial charge in [-0.15, -0.1) is 0 Å². The molecule has 0 radical (unpaired) electrons. The third-order valence-corrected chi connectivity index (χ3v) is 2.40. The van der Waals surface area contributed by atoms with E-state index in [1.807, 2.05) is 5.40 Å². The Balaban J connectivity index is 2.80. The first-order chi connectivity index (χ1) is 6.65. The first-order valence-electron chi connectivity index (χ1n) is 3.99. The highest BCUT2D eigenvalue weighted by molar-refractivity contribution is 8.04. The van der Waals surface area contributed by atoms with Crippen molar-refractivity contribution in [3.05, 3.63) is 35.6 Å². The zero-order valence-corrected chi connectivity index (χ0v) is 8.34. The first kappa shape index (κ1) is 10.7. The molecule has 0 bridgehead atoms. The molecule has 72 valence electrons. The maximum atomic E-state index is 12.5. The van der Waals surface area contributed by atoms with E-state index in [1.54, 1.807) is 6.92 Å². The Morgan fingerprint density at radius 1 is 1.50 bits per heavy atom. The summed E-state index contributed by atoms with van der Waals surface area (Å²) in [7, 11) is 0. The van der Waals surface area contributed by atoms with Crippen LogP contribution in [-0.2, 0) is 0 Å². The number of ketones is 1. The molecule has 1 aromatic carbocycles. The molecule has 0 aliphatic carbocycles. The summed E-state index contributed by atoms with van der Waals surface area (Å²) in [6.07, 6.45) is 0. The fourth-order valence-electron chi connectivity index (χ4n) is 0.981. The Hall–Kier alpha value is -1.34. The van der Waals surface area contributed by atoms with Crippen LogP contribution in [0, 0.1) is 16.5 Å². The number of carbonyl (C=O) groups is 1. The SMILES string of the molecule is CC(SC#N)C(=O)c1ccc(F)cc1. The number of Topliss-reactive ketones (excluding diaryl/α,β-unsaturated/α-hetero) is 1. The summed E-state index contributed by atoms with van der Waals surface area (Å²) < 4.78 is 12.5. The Morgan fingerprint density at radius 2 is 2.07 bits per heavy atom. The van der Waals surface area contributed by atoms with E-state index in [0.717, 1.165) is 11.8 Å². The van der Waals surface area contributed by atoms with E-state index in [-0.39, 0.29) is 11.6 Å². The van der Waals surface area contributed by atoms with E-state index in [4.69, 9.17) is 5.26 Å². The number of rotatable bonds is 3. The highest BCUT2D eigenvalue weighted by Crippen LogP contribution is 2.15. The second kappa shape index (κ2) is 4.77. The molecule has 0 aliphatic heterocycles. The van der Waals surface area contributed by atoms with Crippen LogP contribution in [0.4, 0.5) is 4.39 Å². The largest absolute Gasteiger partial charge is 0.293 e. The van der Waals surface area contributed by atoms with Crippen molar-refractivity contribution in [1.82, 2.24) is 0 Å². The molecule has 2 nitrogen and oxygen atoms in total. The lowest BCUT2D eigenvalue weighted by Crippen LogP contribution is -2.12. The second-order valence-electron chi connectivity index (χ2n) is 2.72. The molecule has 0 aliphatic rings. The van der Waals surface area contributed by atoms with Gasteiger partial charge in [-0.05, 0) is 43.0 Å². The van der Waals surface area contributed by atoms with E-state index in [2.05, 4.69) is 0 Å². The lowest BCUT2D eigenvalue weighted by Gasteiger charge is -2.04. The first-order valence-corrected chi connectivity index (χ1v) is 4.87. The van der Waals surface area contributed by atoms with Gasteiger partial charge in [0.05, 0.1) is 5.25 Å². The minimum absolute atomic E-state index is 0.156. The molecule has 0 aromatic heterocycles. The topological polar surface area (TPSA) is 40.9 Å². The Kier molecular flexibility index (Phi) is 3.66. The van der Waals surface area contributed by atoms with Gasteiger partial charge in [-0.2, -0.15) is 5.26 Å². The van der Waals surface area contributed by atoms with Crippen molar-refractivity contribution < 1.29 is 9.18 Å². The number of nitrogens with zero attached hydrogens (tertiary/aromatic N) is 1. The van der Waals surface area contributed by atoms with Gasteiger partial charge in [-0.25, -0.2) is 4.39 Å². The summed E-state index contributed by atoms with van der Waals surface area (Å²) in [6, 6.07) is 5.31. The maximum absolute atomic E-state index is 12.5. The van der Waals surface area contributed by atoms with Crippen molar-refractivity contribution >= 4 is 17.5 Å². The Labute approximate surface area is 85.7 Å². The quantitative estimate of drug-likeness (QED) is 0.567. The summed E-state index contributed by atoms with van der Waals surface area (Å²) in [5.74, 6) is -0.529. The van der Waals surface area contributed by atoms with Gasteiger partial charge >= 0.3 is 0 Å². The van der Waals surface area contributed by atoms with E-state index in [9.17, 15) is 9.18 Å². The van der Waals surface area contributed by atoms with E-state index >= 15 is 0 Å². The van der Waals surface area contributed by atoms with Crippen LogP contribution < -0.4 is 0 Å². The van der Waals surface area contributed by atoms with Gasteiger partial charge in [-0.1, -0.05) is 0 Å². The van der Waals surface area contributed by atoms with E-state index in [1.165, 1.54) is 24.3 Å². The minimum atomic E-state index is -0.412. The summed E-state index contributed by atoms with van der Waals surface area (Å²) in [6.45, 7) is 1.65. The zero-order valence-electron chi connectivity index (χ0n) is 7.53. The zero-order chi connectivity index (χ0) is 10.6. The number of carbonyl (C=O) groups excluding carboxylic acids is 1. The highest BCUT2D eigenvalue weighted by Gasteiger charge is 2.15. The van der Waals surface area contributed by atoms with Crippen LogP contribution in [0.25, 0.3) is 0 Å². The molecule has 14 heavy (non-hydrogen) atoms. The molecule has 1 aromatic rings. The van der Waals surface area contributed by atoms with Crippen molar-refractivity contribution in [2.75, 3.05) is 0 Å². The fourth-order valence-corrected chi connectivity index (χ4v) is 1.38. The van der Waals surface area contributed by atoms with Gasteiger partial charge < -0.3 is 0 Å². The third-order valence-electron chi connectivity index (χ3n) is 1.73. The molecule has 1 unspecified atom stereocenters. The normalized spacial score (nSPS) is 11.8. The lowest BCUT2D eigenvalue weighted by atomic mass is 10.1. The molecule has 1 rings (SSSR count). The van der Waals surface area contributed by atoms with Crippen LogP contribution in [0.3, 0.4) is 0 Å². The van der Waals surface area contributed by atoms with Crippen molar-refractivity contribution in [3.63, 3.8) is 0 Å². The van der Waals surface area contributed by atoms with Gasteiger partial charge in [0.25, 0.3) is 0 Å². The molecule has 0 amide bonds. The second-order valence-corrected chi connectivity index (χ2v) is 3.85. The predicted molar refractivity (Wildman–Crippen MR) is 53.4 cm³/mol. The smallest absolute Gasteiger partial charge is 0.176 e. The van der Waals surface area contributed by atoms with Crippen molar-refractivity contribution in [1.29, 1.82) is 5.26 Å². The number of thiocyanates is 1. The number of hydrogen-bond acceptors (Lipinski definition) is 3. The van der Waals surface area contributed by atoms with Crippen LogP contribution in [0.5, 0.6) is 0 Å². The average molecular weight is 209 g/mol. The molecular formula is C10H8FNOS. The molecule has 0 fully saturated rings. The molecule has 0 saturated heterocycles. The minimum Gasteiger partial charge on any atom is -0.293 e. The molecule has 1 atom stereocenters. The van der Waals surface area contributed by atoms with Crippen LogP contribution in [0.2, 0.25) is 0 Å². The number of thioether (sulfide) groups is 1. The van der Waals surface area contributed by atoms with Crippen molar-refractivity contribution in [2.24, 2.45) is 0 Å². The lowest BCUT2D eigenvalue weighted by molar-refractivity contribution is 0.0994. The summed E-state index contributed by atoms with van der Waals surface area (Å²) in [5.41, 5.74) is 0.432. The van der Waals surface area contributed by atoms with Crippen LogP contribution in [0.15, 0.2) is 24.3 Å². The predicted octanol–water partition coefficient (Wildman–Crippen LogP) is 2.61. The molecular weight excluding hydrogens is 201 g/mol. The monoisotopic (exact) mass is 209 g/mol. The fraction of sp³-hybridized carbons (Fsp3) is 0.200. The van der Waals surface area contributed by atoms with Crippen molar-refractivity contribution in [2.45, 2.75) is 12.2 Å². The molecule has 4 heteroatoms. The van der Waals surface area contributed by atoms with Crippen LogP contribution >= 0.6 is 11.8 Å².